The average molecular weight is 394 g/mol. The fourth-order valence-corrected chi connectivity index (χ4v) is 3.45. The van der Waals surface area contributed by atoms with Gasteiger partial charge < -0.3 is 14.2 Å². The summed E-state index contributed by atoms with van der Waals surface area (Å²) in [6.45, 7) is 5.75. The summed E-state index contributed by atoms with van der Waals surface area (Å²) in [7, 11) is 0. The summed E-state index contributed by atoms with van der Waals surface area (Å²) in [5.74, 6) is -0.0371. The van der Waals surface area contributed by atoms with Gasteiger partial charge in [-0.25, -0.2) is 0 Å². The third-order valence-electron chi connectivity index (χ3n) is 6.01. The normalized spacial score (nSPS) is 28.8. The fraction of sp³-hybridized carbons (Fsp3) is 0.905. The molecule has 28 heavy (non-hydrogen) atoms. The van der Waals surface area contributed by atoms with E-state index in [4.69, 9.17) is 19.5 Å². The maximum absolute atomic E-state index is 11.8. The van der Waals surface area contributed by atoms with Crippen LogP contribution in [0.1, 0.15) is 78.6 Å². The minimum absolute atomic E-state index is 0.0696. The minimum atomic E-state index is -0.480. The molecule has 7 heteroatoms. The number of nitrogens with zero attached hydrogens (tertiary/aromatic N) is 3. The first kappa shape index (κ1) is 22.8. The Hall–Kier alpha value is -1.52. The first-order chi connectivity index (χ1) is 13.4. The zero-order chi connectivity index (χ0) is 20.4. The molecule has 7 nitrogen and oxygen atoms in total. The van der Waals surface area contributed by atoms with Gasteiger partial charge in [-0.1, -0.05) is 6.92 Å². The van der Waals surface area contributed by atoms with Gasteiger partial charge in [0.15, 0.2) is 13.6 Å². The molecule has 2 saturated carbocycles. The van der Waals surface area contributed by atoms with Gasteiger partial charge in [-0.2, -0.15) is 15.5 Å². The van der Waals surface area contributed by atoms with Crippen LogP contribution >= 0.6 is 0 Å². The quantitative estimate of drug-likeness (QED) is 0.244. The molecule has 0 bridgehead atoms. The van der Waals surface area contributed by atoms with E-state index < -0.39 is 5.41 Å². The number of hydrogen-bond donors (Lipinski definition) is 0. The van der Waals surface area contributed by atoms with Gasteiger partial charge in [0.25, 0.3) is 0 Å². The largest absolute Gasteiger partial charge is 0.438 e. The van der Waals surface area contributed by atoms with E-state index in [1.54, 1.807) is 0 Å². The lowest BCUT2D eigenvalue weighted by atomic mass is 9.87. The van der Waals surface area contributed by atoms with E-state index in [0.29, 0.717) is 6.04 Å². The third-order valence-corrected chi connectivity index (χ3v) is 6.01. The van der Waals surface area contributed by atoms with Gasteiger partial charge in [-0.3, -0.25) is 4.79 Å². The molecule has 0 aromatic rings. The molecule has 0 aliphatic heterocycles. The van der Waals surface area contributed by atoms with Gasteiger partial charge in [0.1, 0.15) is 0 Å². The maximum Gasteiger partial charge on any atom is 0.313 e. The van der Waals surface area contributed by atoms with E-state index in [9.17, 15) is 4.79 Å². The number of carbonyl (C=O) groups is 1. The number of azo groups is 1. The molecule has 0 radical (unpaired) electrons. The molecule has 0 saturated heterocycles. The highest BCUT2D eigenvalue weighted by molar-refractivity contribution is 5.75. The van der Waals surface area contributed by atoms with Crippen molar-refractivity contribution >= 4 is 5.97 Å². The zero-order valence-corrected chi connectivity index (χ0v) is 17.6. The van der Waals surface area contributed by atoms with Gasteiger partial charge in [0, 0.05) is 5.92 Å². The molecule has 2 aliphatic carbocycles. The second kappa shape index (κ2) is 11.5. The predicted octanol–water partition coefficient (Wildman–Crippen LogP) is 4.76. The van der Waals surface area contributed by atoms with E-state index in [0.717, 1.165) is 57.8 Å². The molecule has 0 unspecified atom stereocenters. The maximum atomic E-state index is 11.8. The summed E-state index contributed by atoms with van der Waals surface area (Å²) >= 11 is 0. The number of ether oxygens (including phenoxy) is 3. The Labute approximate surface area is 168 Å². The van der Waals surface area contributed by atoms with Crippen molar-refractivity contribution in [2.45, 2.75) is 96.7 Å². The SMILES string of the molecule is CCC(C)(C)C(=O)OCOCOC1CCC(N=NC2CCC(C#N)CC2)CC1. The number of hydrogen-bond acceptors (Lipinski definition) is 7. The van der Waals surface area contributed by atoms with Gasteiger partial charge in [-0.05, 0) is 71.6 Å². The van der Waals surface area contributed by atoms with Crippen molar-refractivity contribution in [2.75, 3.05) is 13.6 Å². The first-order valence-electron chi connectivity index (χ1n) is 10.6. The van der Waals surface area contributed by atoms with Crippen LogP contribution in [0.15, 0.2) is 10.2 Å². The molecule has 0 N–H and O–H groups in total. The smallest absolute Gasteiger partial charge is 0.313 e. The molecular formula is C21H35N3O4. The average Bonchev–Trinajstić information content (AvgIpc) is 2.73. The van der Waals surface area contributed by atoms with Crippen molar-refractivity contribution in [1.82, 2.24) is 0 Å². The van der Waals surface area contributed by atoms with Crippen molar-refractivity contribution in [3.05, 3.63) is 0 Å². The molecule has 0 aromatic heterocycles. The van der Waals surface area contributed by atoms with Crippen molar-refractivity contribution in [3.8, 4) is 6.07 Å². The van der Waals surface area contributed by atoms with Crippen LogP contribution < -0.4 is 0 Å². The van der Waals surface area contributed by atoms with Crippen LogP contribution in [0.3, 0.4) is 0 Å². The van der Waals surface area contributed by atoms with E-state index in [2.05, 4.69) is 16.3 Å². The minimum Gasteiger partial charge on any atom is -0.438 e. The lowest BCUT2D eigenvalue weighted by molar-refractivity contribution is -0.183. The van der Waals surface area contributed by atoms with E-state index >= 15 is 0 Å². The number of nitriles is 1. The van der Waals surface area contributed by atoms with Gasteiger partial charge in [0.2, 0.25) is 0 Å². The van der Waals surface area contributed by atoms with Crippen LogP contribution in [-0.4, -0.2) is 37.7 Å². The summed E-state index contributed by atoms with van der Waals surface area (Å²) in [6, 6.07) is 2.94. The Balaban J connectivity index is 1.53. The lowest BCUT2D eigenvalue weighted by Crippen LogP contribution is -2.27. The first-order valence-corrected chi connectivity index (χ1v) is 10.6. The van der Waals surface area contributed by atoms with Gasteiger partial charge in [0.05, 0.1) is 29.7 Å². The topological polar surface area (TPSA) is 93.3 Å². The highest BCUT2D eigenvalue weighted by Crippen LogP contribution is 2.28. The number of esters is 1. The molecule has 2 rings (SSSR count). The summed E-state index contributed by atoms with van der Waals surface area (Å²) < 4.78 is 16.1. The Morgan fingerprint density at radius 2 is 1.57 bits per heavy atom. The fourth-order valence-electron chi connectivity index (χ4n) is 3.45. The van der Waals surface area contributed by atoms with Crippen molar-refractivity contribution < 1.29 is 19.0 Å². The van der Waals surface area contributed by atoms with E-state index in [1.165, 1.54) is 0 Å². The second-order valence-corrected chi connectivity index (χ2v) is 8.57. The van der Waals surface area contributed by atoms with Crippen LogP contribution in [0.4, 0.5) is 0 Å². The predicted molar refractivity (Wildman–Crippen MR) is 104 cm³/mol. The van der Waals surface area contributed by atoms with E-state index in [1.807, 2.05) is 20.8 Å². The Morgan fingerprint density at radius 3 is 2.11 bits per heavy atom. The highest BCUT2D eigenvalue weighted by atomic mass is 16.7. The molecule has 0 atom stereocenters. The highest BCUT2D eigenvalue weighted by Gasteiger charge is 2.27. The van der Waals surface area contributed by atoms with Gasteiger partial charge >= 0.3 is 5.97 Å². The summed E-state index contributed by atoms with van der Waals surface area (Å²) in [6.07, 6.45) is 8.59. The zero-order valence-electron chi connectivity index (χ0n) is 17.6. The Bertz CT molecular complexity index is 542. The Kier molecular flexibility index (Phi) is 9.33. The van der Waals surface area contributed by atoms with E-state index in [-0.39, 0.29) is 37.6 Å². The molecule has 2 fully saturated rings. The standard InChI is InChI=1S/C21H35N3O4/c1-4-21(2,3)20(25)28-15-26-14-27-19-11-9-18(10-12-19)24-23-17-7-5-16(13-22)6-8-17/h16-19H,4-12,14-15H2,1-3H3. The number of carbonyl (C=O) groups excluding carboxylic acids is 1. The molecular weight excluding hydrogens is 358 g/mol. The third kappa shape index (κ3) is 7.48. The molecule has 0 amide bonds. The van der Waals surface area contributed by atoms with Crippen LogP contribution in [0.2, 0.25) is 0 Å². The van der Waals surface area contributed by atoms with Crippen molar-refractivity contribution in [1.29, 1.82) is 5.26 Å². The van der Waals surface area contributed by atoms with Crippen molar-refractivity contribution in [3.63, 3.8) is 0 Å². The van der Waals surface area contributed by atoms with Crippen LogP contribution in [-0.2, 0) is 19.0 Å². The molecule has 158 valence electrons. The molecule has 0 aromatic carbocycles. The Morgan fingerprint density at radius 1 is 1.00 bits per heavy atom. The number of rotatable bonds is 9. The lowest BCUT2D eigenvalue weighted by Gasteiger charge is -2.26. The van der Waals surface area contributed by atoms with Crippen LogP contribution in [0, 0.1) is 22.7 Å². The monoisotopic (exact) mass is 393 g/mol. The molecule has 0 heterocycles. The summed E-state index contributed by atoms with van der Waals surface area (Å²) in [5.41, 5.74) is -0.480. The molecule has 0 spiro atoms. The van der Waals surface area contributed by atoms with Crippen LogP contribution in [0.5, 0.6) is 0 Å². The van der Waals surface area contributed by atoms with Crippen LogP contribution in [0.25, 0.3) is 0 Å². The molecule has 2 aliphatic rings. The summed E-state index contributed by atoms with van der Waals surface area (Å²) in [4.78, 5) is 11.8. The summed E-state index contributed by atoms with van der Waals surface area (Å²) in [5, 5.41) is 18.0. The second-order valence-electron chi connectivity index (χ2n) is 8.57. The van der Waals surface area contributed by atoms with Crippen molar-refractivity contribution in [2.24, 2.45) is 21.6 Å². The van der Waals surface area contributed by atoms with Gasteiger partial charge in [-0.15, -0.1) is 0 Å².